The molecule has 13 heavy (non-hydrogen) atoms. The van der Waals surface area contributed by atoms with Crippen molar-refractivity contribution in [2.24, 2.45) is 0 Å². The molecule has 1 aromatic heterocycles. The molecule has 1 aromatic rings. The molecule has 0 spiro atoms. The number of furan rings is 1. The van der Waals surface area contributed by atoms with Crippen LogP contribution in [0.25, 0.3) is 6.08 Å². The number of thioether (sulfide) groups is 1. The van der Waals surface area contributed by atoms with Crippen molar-refractivity contribution in [1.29, 1.82) is 0 Å². The van der Waals surface area contributed by atoms with Crippen molar-refractivity contribution in [1.82, 2.24) is 5.32 Å². The Bertz CT molecular complexity index is 381. The summed E-state index contributed by atoms with van der Waals surface area (Å²) in [7, 11) is 0. The van der Waals surface area contributed by atoms with Crippen molar-refractivity contribution in [2.75, 3.05) is 0 Å². The van der Waals surface area contributed by atoms with E-state index in [1.807, 2.05) is 0 Å². The van der Waals surface area contributed by atoms with Crippen LogP contribution in [-0.4, -0.2) is 10.2 Å². The molecule has 1 N–H and O–H groups in total. The quantitative estimate of drug-likeness (QED) is 0.568. The van der Waals surface area contributed by atoms with Crippen LogP contribution in [0.4, 0.5) is 0 Å². The molecule has 1 aliphatic heterocycles. The number of nitrogens with one attached hydrogen (secondary N) is 1. The van der Waals surface area contributed by atoms with Crippen LogP contribution in [0.1, 0.15) is 5.56 Å². The van der Waals surface area contributed by atoms with E-state index in [-0.39, 0.29) is 5.91 Å². The SMILES string of the molecule is O=C1NC(=S)S/C1=C/c1ccoc1. The third-order valence-corrected chi connectivity index (χ3v) is 2.65. The maximum absolute atomic E-state index is 11.2. The van der Waals surface area contributed by atoms with Crippen molar-refractivity contribution in [3.8, 4) is 0 Å². The zero-order valence-corrected chi connectivity index (χ0v) is 8.08. The van der Waals surface area contributed by atoms with Gasteiger partial charge in [0.15, 0.2) is 0 Å². The van der Waals surface area contributed by atoms with Gasteiger partial charge < -0.3 is 9.73 Å². The minimum Gasteiger partial charge on any atom is -0.472 e. The Morgan fingerprint density at radius 1 is 1.62 bits per heavy atom. The molecule has 1 saturated heterocycles. The van der Waals surface area contributed by atoms with Gasteiger partial charge in [-0.2, -0.15) is 0 Å². The third-order valence-electron chi connectivity index (χ3n) is 1.48. The monoisotopic (exact) mass is 211 g/mol. The first kappa shape index (κ1) is 8.52. The number of hydrogen-bond donors (Lipinski definition) is 1. The second-order valence-corrected chi connectivity index (χ2v) is 4.13. The van der Waals surface area contributed by atoms with Gasteiger partial charge in [0.05, 0.1) is 17.4 Å². The summed E-state index contributed by atoms with van der Waals surface area (Å²) in [4.78, 5) is 11.8. The van der Waals surface area contributed by atoms with Crippen LogP contribution in [0.2, 0.25) is 0 Å². The van der Waals surface area contributed by atoms with E-state index in [1.165, 1.54) is 11.8 Å². The molecule has 0 unspecified atom stereocenters. The normalized spacial score (nSPS) is 19.5. The van der Waals surface area contributed by atoms with Crippen LogP contribution >= 0.6 is 24.0 Å². The van der Waals surface area contributed by atoms with E-state index in [2.05, 4.69) is 5.32 Å². The van der Waals surface area contributed by atoms with Crippen molar-refractivity contribution in [3.05, 3.63) is 29.1 Å². The number of carbonyl (C=O) groups is 1. The first-order chi connectivity index (χ1) is 6.25. The predicted octanol–water partition coefficient (Wildman–Crippen LogP) is 1.77. The lowest BCUT2D eigenvalue weighted by Crippen LogP contribution is -2.17. The van der Waals surface area contributed by atoms with Crippen LogP contribution in [-0.2, 0) is 4.79 Å². The van der Waals surface area contributed by atoms with Crippen molar-refractivity contribution in [3.63, 3.8) is 0 Å². The average molecular weight is 211 g/mol. The Kier molecular flexibility index (Phi) is 2.20. The minimum absolute atomic E-state index is 0.142. The summed E-state index contributed by atoms with van der Waals surface area (Å²) in [5, 5.41) is 2.54. The topological polar surface area (TPSA) is 42.2 Å². The Labute approximate surface area is 84.2 Å². The zero-order valence-electron chi connectivity index (χ0n) is 6.44. The second kappa shape index (κ2) is 3.35. The molecular weight excluding hydrogens is 206 g/mol. The van der Waals surface area contributed by atoms with Crippen LogP contribution in [0.15, 0.2) is 27.9 Å². The molecule has 0 aliphatic carbocycles. The van der Waals surface area contributed by atoms with Crippen molar-refractivity contribution >= 4 is 40.3 Å². The molecule has 66 valence electrons. The van der Waals surface area contributed by atoms with Crippen LogP contribution in [0.5, 0.6) is 0 Å². The summed E-state index contributed by atoms with van der Waals surface area (Å²) in [6.07, 6.45) is 4.87. The Morgan fingerprint density at radius 2 is 2.46 bits per heavy atom. The van der Waals surface area contributed by atoms with Gasteiger partial charge in [-0.15, -0.1) is 0 Å². The fraction of sp³-hybridized carbons (Fsp3) is 0. The van der Waals surface area contributed by atoms with E-state index in [1.54, 1.807) is 24.7 Å². The van der Waals surface area contributed by atoms with E-state index in [0.717, 1.165) is 5.56 Å². The maximum atomic E-state index is 11.2. The molecule has 0 atom stereocenters. The van der Waals surface area contributed by atoms with E-state index < -0.39 is 0 Å². The standard InChI is InChI=1S/C8H5NO2S2/c10-7-6(13-8(12)9-7)3-5-1-2-11-4-5/h1-4H,(H,9,10,12)/b6-3+. The maximum Gasteiger partial charge on any atom is 0.263 e. The van der Waals surface area contributed by atoms with Crippen molar-refractivity contribution in [2.45, 2.75) is 0 Å². The van der Waals surface area contributed by atoms with E-state index >= 15 is 0 Å². The highest BCUT2D eigenvalue weighted by molar-refractivity contribution is 8.26. The predicted molar refractivity (Wildman–Crippen MR) is 55.0 cm³/mol. The first-order valence-corrected chi connectivity index (χ1v) is 4.75. The lowest BCUT2D eigenvalue weighted by Gasteiger charge is -1.87. The summed E-state index contributed by atoms with van der Waals surface area (Å²) >= 11 is 6.10. The molecule has 0 bridgehead atoms. The van der Waals surface area contributed by atoms with Gasteiger partial charge in [-0.3, -0.25) is 4.79 Å². The van der Waals surface area contributed by atoms with Crippen LogP contribution in [0, 0.1) is 0 Å². The van der Waals surface area contributed by atoms with Crippen LogP contribution in [0.3, 0.4) is 0 Å². The van der Waals surface area contributed by atoms with Gasteiger partial charge >= 0.3 is 0 Å². The molecule has 0 aromatic carbocycles. The van der Waals surface area contributed by atoms with Gasteiger partial charge in [-0.1, -0.05) is 24.0 Å². The number of rotatable bonds is 1. The summed E-state index contributed by atoms with van der Waals surface area (Å²) < 4.78 is 5.37. The number of amides is 1. The number of carbonyl (C=O) groups excluding carboxylic acids is 1. The molecular formula is C8H5NO2S2. The number of hydrogen-bond acceptors (Lipinski definition) is 4. The molecule has 1 aliphatic rings. The van der Waals surface area contributed by atoms with Gasteiger partial charge in [0.2, 0.25) is 0 Å². The Morgan fingerprint density at radius 3 is 3.00 bits per heavy atom. The van der Waals surface area contributed by atoms with E-state index in [0.29, 0.717) is 9.23 Å². The van der Waals surface area contributed by atoms with E-state index in [9.17, 15) is 4.79 Å². The Balaban J connectivity index is 2.27. The summed E-state index contributed by atoms with van der Waals surface area (Å²) in [5.74, 6) is -0.142. The van der Waals surface area contributed by atoms with E-state index in [4.69, 9.17) is 16.6 Å². The summed E-state index contributed by atoms with van der Waals surface area (Å²) in [5.41, 5.74) is 0.863. The zero-order chi connectivity index (χ0) is 9.26. The summed E-state index contributed by atoms with van der Waals surface area (Å²) in [6, 6.07) is 1.78. The molecule has 1 fully saturated rings. The smallest absolute Gasteiger partial charge is 0.263 e. The average Bonchev–Trinajstić information content (AvgIpc) is 2.63. The van der Waals surface area contributed by atoms with Gasteiger partial charge in [-0.05, 0) is 12.1 Å². The molecule has 2 rings (SSSR count). The van der Waals surface area contributed by atoms with Gasteiger partial charge in [0.1, 0.15) is 4.32 Å². The highest BCUT2D eigenvalue weighted by Gasteiger charge is 2.21. The molecule has 0 radical (unpaired) electrons. The third kappa shape index (κ3) is 1.81. The largest absolute Gasteiger partial charge is 0.472 e. The fourth-order valence-corrected chi connectivity index (χ4v) is 1.97. The van der Waals surface area contributed by atoms with Gasteiger partial charge in [0, 0.05) is 5.56 Å². The second-order valence-electron chi connectivity index (χ2n) is 2.41. The first-order valence-electron chi connectivity index (χ1n) is 3.53. The Hall–Kier alpha value is -1.07. The van der Waals surface area contributed by atoms with Crippen molar-refractivity contribution < 1.29 is 9.21 Å². The lowest BCUT2D eigenvalue weighted by molar-refractivity contribution is -0.115. The molecule has 3 nitrogen and oxygen atoms in total. The highest BCUT2D eigenvalue weighted by Crippen LogP contribution is 2.25. The number of thiocarbonyl (C=S) groups is 1. The molecule has 2 heterocycles. The molecule has 1 amide bonds. The van der Waals surface area contributed by atoms with Gasteiger partial charge in [0.25, 0.3) is 5.91 Å². The lowest BCUT2D eigenvalue weighted by atomic mass is 10.3. The van der Waals surface area contributed by atoms with Crippen LogP contribution < -0.4 is 5.32 Å². The summed E-state index contributed by atoms with van der Waals surface area (Å²) in [6.45, 7) is 0. The highest BCUT2D eigenvalue weighted by atomic mass is 32.2. The molecule has 5 heteroatoms. The van der Waals surface area contributed by atoms with Gasteiger partial charge in [-0.25, -0.2) is 0 Å². The fourth-order valence-electron chi connectivity index (χ4n) is 0.930. The minimum atomic E-state index is -0.142. The molecule has 0 saturated carbocycles.